The molecule has 0 unspecified atom stereocenters. The van der Waals surface area contributed by atoms with E-state index in [2.05, 4.69) is 15.0 Å². The van der Waals surface area contributed by atoms with Crippen molar-refractivity contribution < 1.29 is 0 Å². The highest BCUT2D eigenvalue weighted by atomic mass is 32.2. The van der Waals surface area contributed by atoms with Gasteiger partial charge in [-0.1, -0.05) is 25.6 Å². The molecule has 0 bridgehead atoms. The molecule has 0 aliphatic rings. The van der Waals surface area contributed by atoms with Crippen molar-refractivity contribution in [2.24, 2.45) is 0 Å². The second-order valence-corrected chi connectivity index (χ2v) is 3.71. The number of hydrogen-bond acceptors (Lipinski definition) is 4. The van der Waals surface area contributed by atoms with Crippen molar-refractivity contribution in [3.63, 3.8) is 0 Å². The first-order valence-corrected chi connectivity index (χ1v) is 6.34. The lowest BCUT2D eigenvalue weighted by Crippen LogP contribution is -2.06. The quantitative estimate of drug-likeness (QED) is 0.611. The molecular formula is C11H15N3OS. The van der Waals surface area contributed by atoms with Gasteiger partial charge in [-0.15, -0.1) is 0 Å². The summed E-state index contributed by atoms with van der Waals surface area (Å²) >= 11 is 1.45. The average molecular weight is 237 g/mol. The minimum atomic E-state index is -0.124. The second kappa shape index (κ2) is 5.65. The van der Waals surface area contributed by atoms with Gasteiger partial charge >= 0.3 is 0 Å². The van der Waals surface area contributed by atoms with Crippen molar-refractivity contribution in [1.29, 1.82) is 0 Å². The molecule has 4 nitrogen and oxygen atoms in total. The molecule has 0 atom stereocenters. The molecular weight excluding hydrogens is 222 g/mol. The van der Waals surface area contributed by atoms with Gasteiger partial charge in [-0.2, -0.15) is 0 Å². The van der Waals surface area contributed by atoms with E-state index >= 15 is 0 Å². The molecule has 0 fully saturated rings. The molecule has 0 amide bonds. The van der Waals surface area contributed by atoms with Crippen LogP contribution in [0.2, 0.25) is 0 Å². The van der Waals surface area contributed by atoms with Crippen LogP contribution < -0.4 is 5.56 Å². The van der Waals surface area contributed by atoms with E-state index < -0.39 is 0 Å². The number of fused-ring (bicyclic) bond motifs is 1. The number of hydrogen-bond donors (Lipinski definition) is 1. The van der Waals surface area contributed by atoms with E-state index in [4.69, 9.17) is 0 Å². The normalized spacial score (nSPS) is 9.75. The minimum Gasteiger partial charge on any atom is -0.306 e. The van der Waals surface area contributed by atoms with Gasteiger partial charge in [0.1, 0.15) is 5.65 Å². The summed E-state index contributed by atoms with van der Waals surface area (Å²) in [6.07, 6.45) is 3.63. The van der Waals surface area contributed by atoms with Crippen LogP contribution in [0.4, 0.5) is 0 Å². The standard InChI is InChI=1S/C9H9N3OS.C2H6/c1-5-3-7(13)11-8-6(5)4-10-9(12-8)14-2;1-2/h3-4H,1-2H3,(H,10,11,12,13);1-2H3. The lowest BCUT2D eigenvalue weighted by molar-refractivity contribution is 0.985. The maximum Gasteiger partial charge on any atom is 0.249 e. The number of rotatable bonds is 1. The van der Waals surface area contributed by atoms with E-state index in [1.165, 1.54) is 11.8 Å². The second-order valence-electron chi connectivity index (χ2n) is 2.94. The predicted molar refractivity (Wildman–Crippen MR) is 68.0 cm³/mol. The van der Waals surface area contributed by atoms with Crippen LogP contribution in [-0.2, 0) is 0 Å². The van der Waals surface area contributed by atoms with Crippen LogP contribution in [0.1, 0.15) is 19.4 Å². The molecule has 5 heteroatoms. The Kier molecular flexibility index (Phi) is 4.49. The fourth-order valence-corrected chi connectivity index (χ4v) is 1.62. The Labute approximate surface area is 98.5 Å². The van der Waals surface area contributed by atoms with Crippen LogP contribution in [0.3, 0.4) is 0 Å². The van der Waals surface area contributed by atoms with Gasteiger partial charge in [0.15, 0.2) is 5.16 Å². The fraction of sp³-hybridized carbons (Fsp3) is 0.364. The molecule has 2 aromatic heterocycles. The van der Waals surface area contributed by atoms with E-state index in [-0.39, 0.29) is 5.56 Å². The minimum absolute atomic E-state index is 0.124. The average Bonchev–Trinajstić information content (AvgIpc) is 2.30. The topological polar surface area (TPSA) is 58.6 Å². The molecule has 2 rings (SSSR count). The molecule has 2 heterocycles. The highest BCUT2D eigenvalue weighted by Gasteiger charge is 2.02. The van der Waals surface area contributed by atoms with Crippen LogP contribution in [-0.4, -0.2) is 21.2 Å². The van der Waals surface area contributed by atoms with E-state index in [1.54, 1.807) is 12.3 Å². The Morgan fingerprint density at radius 1 is 1.38 bits per heavy atom. The van der Waals surface area contributed by atoms with Crippen LogP contribution in [0.5, 0.6) is 0 Å². The summed E-state index contributed by atoms with van der Waals surface area (Å²) in [7, 11) is 0. The van der Waals surface area contributed by atoms with E-state index in [0.29, 0.717) is 10.8 Å². The third-order valence-electron chi connectivity index (χ3n) is 1.96. The number of H-pyrrole nitrogens is 1. The highest BCUT2D eigenvalue weighted by molar-refractivity contribution is 7.98. The van der Waals surface area contributed by atoms with Gasteiger partial charge in [-0.3, -0.25) is 4.79 Å². The number of aromatic amines is 1. The first kappa shape index (κ1) is 12.7. The number of pyridine rings is 1. The first-order chi connectivity index (χ1) is 7.70. The van der Waals surface area contributed by atoms with Crippen molar-refractivity contribution in [2.75, 3.05) is 6.26 Å². The lowest BCUT2D eigenvalue weighted by Gasteiger charge is -2.00. The fourth-order valence-electron chi connectivity index (χ4n) is 1.28. The molecule has 0 aromatic carbocycles. The monoisotopic (exact) mass is 237 g/mol. The van der Waals surface area contributed by atoms with Gasteiger partial charge in [-0.25, -0.2) is 9.97 Å². The number of nitrogens with one attached hydrogen (secondary N) is 1. The molecule has 0 aliphatic heterocycles. The van der Waals surface area contributed by atoms with Crippen LogP contribution in [0, 0.1) is 6.92 Å². The molecule has 0 radical (unpaired) electrons. The van der Waals surface area contributed by atoms with Gasteiger partial charge in [0, 0.05) is 17.6 Å². The maximum atomic E-state index is 11.2. The molecule has 1 N–H and O–H groups in total. The van der Waals surface area contributed by atoms with Gasteiger partial charge in [0.05, 0.1) is 0 Å². The smallest absolute Gasteiger partial charge is 0.249 e. The Hall–Kier alpha value is -1.36. The first-order valence-electron chi connectivity index (χ1n) is 5.11. The molecule has 0 aliphatic carbocycles. The highest BCUT2D eigenvalue weighted by Crippen LogP contribution is 2.14. The molecule has 2 aromatic rings. The van der Waals surface area contributed by atoms with Gasteiger partial charge in [-0.05, 0) is 18.7 Å². The maximum absolute atomic E-state index is 11.2. The number of thioether (sulfide) groups is 1. The van der Waals surface area contributed by atoms with Crippen LogP contribution >= 0.6 is 11.8 Å². The number of nitrogens with zero attached hydrogens (tertiary/aromatic N) is 2. The Bertz CT molecular complexity index is 536. The summed E-state index contributed by atoms with van der Waals surface area (Å²) in [5.74, 6) is 0. The summed E-state index contributed by atoms with van der Waals surface area (Å²) in [6, 6.07) is 1.55. The van der Waals surface area contributed by atoms with Crippen molar-refractivity contribution in [2.45, 2.75) is 25.9 Å². The predicted octanol–water partition coefficient (Wildman–Crippen LogP) is 2.37. The third-order valence-corrected chi connectivity index (χ3v) is 2.53. The van der Waals surface area contributed by atoms with Gasteiger partial charge < -0.3 is 4.98 Å². The van der Waals surface area contributed by atoms with E-state index in [0.717, 1.165) is 10.9 Å². The summed E-state index contributed by atoms with van der Waals surface area (Å²) in [5.41, 5.74) is 1.38. The van der Waals surface area contributed by atoms with Crippen molar-refractivity contribution in [1.82, 2.24) is 15.0 Å². The zero-order chi connectivity index (χ0) is 12.1. The lowest BCUT2D eigenvalue weighted by atomic mass is 10.2. The summed E-state index contributed by atoms with van der Waals surface area (Å²) in [4.78, 5) is 22.2. The molecule has 0 saturated carbocycles. The van der Waals surface area contributed by atoms with E-state index in [1.807, 2.05) is 27.0 Å². The van der Waals surface area contributed by atoms with Crippen molar-refractivity contribution in [3.05, 3.63) is 28.2 Å². The van der Waals surface area contributed by atoms with Crippen LogP contribution in [0.15, 0.2) is 22.2 Å². The molecule has 0 spiro atoms. The summed E-state index contributed by atoms with van der Waals surface area (Å²) in [6.45, 7) is 5.87. The summed E-state index contributed by atoms with van der Waals surface area (Å²) in [5, 5.41) is 1.56. The SMILES string of the molecule is CC.CSc1ncc2c(C)cc(=O)[nH]c2n1. The summed E-state index contributed by atoms with van der Waals surface area (Å²) < 4.78 is 0. The van der Waals surface area contributed by atoms with E-state index in [9.17, 15) is 4.79 Å². The molecule has 0 saturated heterocycles. The Balaban J connectivity index is 0.000000606. The largest absolute Gasteiger partial charge is 0.306 e. The zero-order valence-electron chi connectivity index (χ0n) is 9.87. The number of aryl methyl sites for hydroxylation is 1. The van der Waals surface area contributed by atoms with Crippen molar-refractivity contribution in [3.8, 4) is 0 Å². The third kappa shape index (κ3) is 2.61. The van der Waals surface area contributed by atoms with Gasteiger partial charge in [0.25, 0.3) is 0 Å². The Morgan fingerprint density at radius 3 is 2.69 bits per heavy atom. The Morgan fingerprint density at radius 2 is 2.06 bits per heavy atom. The number of aromatic nitrogens is 3. The van der Waals surface area contributed by atoms with Crippen LogP contribution in [0.25, 0.3) is 11.0 Å². The molecule has 86 valence electrons. The molecule has 16 heavy (non-hydrogen) atoms. The zero-order valence-corrected chi connectivity index (χ0v) is 10.7. The van der Waals surface area contributed by atoms with Gasteiger partial charge in [0.2, 0.25) is 5.56 Å². The van der Waals surface area contributed by atoms with Crippen molar-refractivity contribution >= 4 is 22.8 Å².